The molecule has 2 aliphatic heterocycles. The molecule has 2 amide bonds. The summed E-state index contributed by atoms with van der Waals surface area (Å²) in [5.41, 5.74) is 0. The van der Waals surface area contributed by atoms with E-state index in [4.69, 9.17) is 23.7 Å². The molecule has 0 spiro atoms. The molecule has 2 saturated heterocycles. The van der Waals surface area contributed by atoms with E-state index < -0.39 is 49.0 Å². The molecule has 10 nitrogen and oxygen atoms in total. The molecule has 1 saturated carbocycles. The van der Waals surface area contributed by atoms with Crippen LogP contribution in [0.2, 0.25) is 0 Å². The van der Waals surface area contributed by atoms with Crippen molar-refractivity contribution in [3.05, 3.63) is 0 Å². The Kier molecular flexibility index (Phi) is 7.31. The van der Waals surface area contributed by atoms with Gasteiger partial charge in [0.2, 0.25) is 5.91 Å². The van der Waals surface area contributed by atoms with E-state index >= 15 is 0 Å². The SMILES string of the molecule is CC(=O)N[C@@H]1O[C@H](COC(C)=O)[C@H](OC(=O)NC2CCCCC2)[C@H]2OC(C)O[C@H]21. The molecule has 2 N–H and O–H groups in total. The van der Waals surface area contributed by atoms with Crippen molar-refractivity contribution < 1.29 is 38.1 Å². The third kappa shape index (κ3) is 5.80. The van der Waals surface area contributed by atoms with Gasteiger partial charge in [-0.3, -0.25) is 9.59 Å². The van der Waals surface area contributed by atoms with Crippen LogP contribution in [0.1, 0.15) is 52.9 Å². The average Bonchev–Trinajstić information content (AvgIpc) is 3.04. The van der Waals surface area contributed by atoms with Crippen molar-refractivity contribution in [2.75, 3.05) is 6.61 Å². The van der Waals surface area contributed by atoms with Crippen LogP contribution >= 0.6 is 0 Å². The molecule has 0 bridgehead atoms. The van der Waals surface area contributed by atoms with Crippen LogP contribution in [0.15, 0.2) is 0 Å². The number of ether oxygens (including phenoxy) is 5. The average molecular weight is 414 g/mol. The summed E-state index contributed by atoms with van der Waals surface area (Å²) in [7, 11) is 0. The molecular weight excluding hydrogens is 384 g/mol. The Bertz CT molecular complexity index is 609. The molecule has 29 heavy (non-hydrogen) atoms. The Balaban J connectivity index is 1.72. The molecule has 0 aromatic rings. The Morgan fingerprint density at radius 3 is 2.31 bits per heavy atom. The Morgan fingerprint density at radius 1 is 0.966 bits per heavy atom. The van der Waals surface area contributed by atoms with Crippen molar-refractivity contribution in [3.63, 3.8) is 0 Å². The van der Waals surface area contributed by atoms with Crippen molar-refractivity contribution in [2.45, 2.75) is 95.9 Å². The van der Waals surface area contributed by atoms with Gasteiger partial charge < -0.3 is 34.3 Å². The number of rotatable bonds is 5. The van der Waals surface area contributed by atoms with E-state index in [1.807, 2.05) is 0 Å². The third-order valence-electron chi connectivity index (χ3n) is 5.30. The second-order valence-corrected chi connectivity index (χ2v) is 7.72. The monoisotopic (exact) mass is 414 g/mol. The molecule has 1 unspecified atom stereocenters. The lowest BCUT2D eigenvalue weighted by Gasteiger charge is -2.41. The molecule has 0 aromatic heterocycles. The first-order chi connectivity index (χ1) is 13.8. The number of nitrogens with one attached hydrogen (secondary N) is 2. The number of hydrogen-bond acceptors (Lipinski definition) is 8. The number of carbonyl (C=O) groups excluding carboxylic acids is 3. The first kappa shape index (κ1) is 21.8. The van der Waals surface area contributed by atoms with E-state index in [1.165, 1.54) is 20.3 Å². The fourth-order valence-electron chi connectivity index (χ4n) is 4.06. The van der Waals surface area contributed by atoms with Gasteiger partial charge in [-0.05, 0) is 19.8 Å². The fraction of sp³-hybridized carbons (Fsp3) is 0.842. The summed E-state index contributed by atoms with van der Waals surface area (Å²) in [6, 6.07) is 0.0790. The summed E-state index contributed by atoms with van der Waals surface area (Å²) in [6.45, 7) is 4.20. The topological polar surface area (TPSA) is 121 Å². The highest BCUT2D eigenvalue weighted by Gasteiger charge is 2.54. The quantitative estimate of drug-likeness (QED) is 0.638. The number of carbonyl (C=O) groups is 3. The highest BCUT2D eigenvalue weighted by Crippen LogP contribution is 2.33. The molecule has 3 fully saturated rings. The number of fused-ring (bicyclic) bond motifs is 1. The van der Waals surface area contributed by atoms with Crippen molar-refractivity contribution in [1.29, 1.82) is 0 Å². The Labute approximate surface area is 169 Å². The van der Waals surface area contributed by atoms with Crippen LogP contribution in [0.4, 0.5) is 4.79 Å². The molecule has 10 heteroatoms. The highest BCUT2D eigenvalue weighted by molar-refractivity contribution is 5.73. The molecule has 2 heterocycles. The van der Waals surface area contributed by atoms with Crippen LogP contribution in [0, 0.1) is 0 Å². The number of alkyl carbamates (subject to hydrolysis) is 1. The number of amides is 2. The van der Waals surface area contributed by atoms with Gasteiger partial charge in [0.25, 0.3) is 0 Å². The predicted octanol–water partition coefficient (Wildman–Crippen LogP) is 0.968. The Morgan fingerprint density at radius 2 is 1.66 bits per heavy atom. The zero-order chi connectivity index (χ0) is 21.0. The van der Waals surface area contributed by atoms with E-state index in [0.717, 1.165) is 25.7 Å². The predicted molar refractivity (Wildman–Crippen MR) is 98.6 cm³/mol. The van der Waals surface area contributed by atoms with Crippen LogP contribution < -0.4 is 10.6 Å². The van der Waals surface area contributed by atoms with Crippen LogP contribution in [0.5, 0.6) is 0 Å². The molecule has 1 aliphatic carbocycles. The maximum atomic E-state index is 12.5. The van der Waals surface area contributed by atoms with Gasteiger partial charge in [0.15, 0.2) is 18.6 Å². The van der Waals surface area contributed by atoms with E-state index in [-0.39, 0.29) is 18.6 Å². The minimum Gasteiger partial charge on any atom is -0.463 e. The third-order valence-corrected chi connectivity index (χ3v) is 5.30. The molecule has 3 rings (SSSR count). The minimum absolute atomic E-state index is 0.0790. The van der Waals surface area contributed by atoms with Gasteiger partial charge in [-0.1, -0.05) is 19.3 Å². The first-order valence-electron chi connectivity index (χ1n) is 10.2. The zero-order valence-corrected chi connectivity index (χ0v) is 17.1. The molecule has 164 valence electrons. The second-order valence-electron chi connectivity index (χ2n) is 7.72. The maximum absolute atomic E-state index is 12.5. The van der Waals surface area contributed by atoms with E-state index in [9.17, 15) is 14.4 Å². The van der Waals surface area contributed by atoms with Gasteiger partial charge in [0, 0.05) is 19.9 Å². The first-order valence-corrected chi connectivity index (χ1v) is 10.2. The lowest BCUT2D eigenvalue weighted by molar-refractivity contribution is -0.210. The van der Waals surface area contributed by atoms with Crippen molar-refractivity contribution >= 4 is 18.0 Å². The van der Waals surface area contributed by atoms with Crippen LogP contribution in [0.3, 0.4) is 0 Å². The standard InChI is InChI=1S/C19H30N2O8/c1-10(22)20-18-17-16(26-12(3)27-17)15(14(28-18)9-25-11(2)23)29-19(24)21-13-7-5-4-6-8-13/h12-18H,4-9H2,1-3H3,(H,20,22)(H,21,24)/t12?,14-,15+,16-,17-,18-/m1/s1. The van der Waals surface area contributed by atoms with E-state index in [1.54, 1.807) is 6.92 Å². The van der Waals surface area contributed by atoms with Crippen molar-refractivity contribution in [3.8, 4) is 0 Å². The largest absolute Gasteiger partial charge is 0.463 e. The van der Waals surface area contributed by atoms with E-state index in [0.29, 0.717) is 0 Å². The summed E-state index contributed by atoms with van der Waals surface area (Å²) in [4.78, 5) is 35.4. The molecule has 0 aromatic carbocycles. The Hall–Kier alpha value is -1.91. The maximum Gasteiger partial charge on any atom is 0.407 e. The molecule has 3 aliphatic rings. The van der Waals surface area contributed by atoms with Gasteiger partial charge in [-0.2, -0.15) is 0 Å². The normalized spacial score (nSPS) is 34.7. The molecular formula is C19H30N2O8. The smallest absolute Gasteiger partial charge is 0.407 e. The number of hydrogen-bond donors (Lipinski definition) is 2. The van der Waals surface area contributed by atoms with E-state index in [2.05, 4.69) is 10.6 Å². The summed E-state index contributed by atoms with van der Waals surface area (Å²) in [5, 5.41) is 5.56. The van der Waals surface area contributed by atoms with Crippen LogP contribution in [0.25, 0.3) is 0 Å². The lowest BCUT2D eigenvalue weighted by atomic mass is 9.96. The number of esters is 1. The zero-order valence-electron chi connectivity index (χ0n) is 17.1. The van der Waals surface area contributed by atoms with Crippen molar-refractivity contribution in [2.24, 2.45) is 0 Å². The summed E-state index contributed by atoms with van der Waals surface area (Å²) in [5.74, 6) is -0.799. The van der Waals surface area contributed by atoms with Gasteiger partial charge in [0.05, 0.1) is 0 Å². The van der Waals surface area contributed by atoms with Crippen LogP contribution in [-0.2, 0) is 33.3 Å². The minimum atomic E-state index is -0.863. The summed E-state index contributed by atoms with van der Waals surface area (Å²) >= 11 is 0. The van der Waals surface area contributed by atoms with Gasteiger partial charge >= 0.3 is 12.1 Å². The lowest BCUT2D eigenvalue weighted by Crippen LogP contribution is -2.63. The second kappa shape index (κ2) is 9.73. The fourth-order valence-corrected chi connectivity index (χ4v) is 4.06. The molecule has 0 radical (unpaired) electrons. The molecule has 6 atom stereocenters. The van der Waals surface area contributed by atoms with Crippen LogP contribution in [-0.4, -0.2) is 67.6 Å². The highest BCUT2D eigenvalue weighted by atomic mass is 16.8. The van der Waals surface area contributed by atoms with Gasteiger partial charge in [0.1, 0.15) is 24.9 Å². The van der Waals surface area contributed by atoms with Gasteiger partial charge in [-0.25, -0.2) is 4.79 Å². The summed E-state index contributed by atoms with van der Waals surface area (Å²) < 4.78 is 28.2. The van der Waals surface area contributed by atoms with Gasteiger partial charge in [-0.15, -0.1) is 0 Å². The summed E-state index contributed by atoms with van der Waals surface area (Å²) in [6.07, 6.45) is 0.192. The van der Waals surface area contributed by atoms with Crippen molar-refractivity contribution in [1.82, 2.24) is 10.6 Å².